The molecule has 0 spiro atoms. The molecule has 0 aliphatic rings. The van der Waals surface area contributed by atoms with E-state index < -0.39 is 22.5 Å². The number of hydrogen-bond donors (Lipinski definition) is 0. The molecule has 0 saturated carbocycles. The lowest BCUT2D eigenvalue weighted by Crippen LogP contribution is -2.41. The fourth-order valence-corrected chi connectivity index (χ4v) is 7.45. The lowest BCUT2D eigenvalue weighted by atomic mass is 10.2. The summed E-state index contributed by atoms with van der Waals surface area (Å²) >= 11 is -0.801. The van der Waals surface area contributed by atoms with Gasteiger partial charge in [0.15, 0.2) is 8.32 Å². The Morgan fingerprint density at radius 2 is 1.50 bits per heavy atom. The Balaban J connectivity index is 4.29. The number of allylic oxidation sites excluding steroid dienone is 1. The summed E-state index contributed by atoms with van der Waals surface area (Å²) in [7, 11) is -1.57. The minimum Gasteiger partial charge on any atom is -0.417 e. The summed E-state index contributed by atoms with van der Waals surface area (Å²) in [5.41, 5.74) is 0. The van der Waals surface area contributed by atoms with E-state index in [4.69, 9.17) is 4.43 Å². The summed E-state index contributed by atoms with van der Waals surface area (Å²) in [6, 6.07) is 0. The Bertz CT molecular complexity index is 319. The van der Waals surface area contributed by atoms with Crippen LogP contribution >= 0.6 is 0 Å². The third-order valence-electron chi connectivity index (χ3n) is 5.00. The van der Waals surface area contributed by atoms with Crippen LogP contribution in [0.25, 0.3) is 0 Å². The summed E-state index contributed by atoms with van der Waals surface area (Å²) in [4.78, 5) is 0. The van der Waals surface area contributed by atoms with Crippen molar-refractivity contribution in [2.24, 2.45) is 11.8 Å². The Kier molecular flexibility index (Phi) is 9.87. The fourth-order valence-electron chi connectivity index (χ4n) is 2.61. The van der Waals surface area contributed by atoms with E-state index >= 15 is 0 Å². The smallest absolute Gasteiger partial charge is 0.298 e. The molecule has 1 nitrogen and oxygen atoms in total. The van der Waals surface area contributed by atoms with Crippen molar-refractivity contribution in [1.82, 2.24) is 0 Å². The van der Waals surface area contributed by atoms with Gasteiger partial charge in [0.25, 0.3) is 14.1 Å². The Morgan fingerprint density at radius 3 is 1.86 bits per heavy atom. The predicted octanol–water partition coefficient (Wildman–Crippen LogP) is 6.69. The molecule has 0 unspecified atom stereocenters. The third kappa shape index (κ3) is 8.92. The van der Waals surface area contributed by atoms with Crippen LogP contribution in [-0.2, 0) is 4.43 Å². The van der Waals surface area contributed by atoms with Crippen molar-refractivity contribution in [3.05, 3.63) is 11.0 Å². The van der Waals surface area contributed by atoms with E-state index in [9.17, 15) is 0 Å². The van der Waals surface area contributed by atoms with Crippen molar-refractivity contribution >= 4 is 22.5 Å². The van der Waals surface area contributed by atoms with Crippen LogP contribution in [0.1, 0.15) is 61.3 Å². The first kappa shape index (κ1) is 22.4. The zero-order chi connectivity index (χ0) is 17.6. The van der Waals surface area contributed by atoms with E-state index in [1.807, 2.05) is 0 Å². The highest BCUT2D eigenvalue weighted by Gasteiger charge is 2.36. The topological polar surface area (TPSA) is 9.23 Å². The lowest BCUT2D eigenvalue weighted by Gasteiger charge is -2.36. The van der Waals surface area contributed by atoms with Crippen molar-refractivity contribution in [1.29, 1.82) is 0 Å². The molecule has 130 valence electrons. The molecule has 0 heterocycles. The van der Waals surface area contributed by atoms with Gasteiger partial charge in [-0.05, 0) is 31.0 Å². The average molecular weight is 341 g/mol. The van der Waals surface area contributed by atoms with E-state index in [2.05, 4.69) is 68.1 Å². The molecule has 0 atom stereocenters. The Hall–Kier alpha value is 0.449. The van der Waals surface area contributed by atoms with Gasteiger partial charge in [-0.1, -0.05) is 70.9 Å². The molecule has 0 saturated heterocycles. The molecule has 0 amide bonds. The van der Waals surface area contributed by atoms with E-state index in [0.29, 0.717) is 5.04 Å². The molecule has 0 aromatic carbocycles. The molecule has 0 aromatic heterocycles. The second kappa shape index (κ2) is 9.67. The molecule has 3 heteroatoms. The maximum atomic E-state index is 6.30. The monoisotopic (exact) mass is 340 g/mol. The Morgan fingerprint density at radius 1 is 1.05 bits per heavy atom. The van der Waals surface area contributed by atoms with E-state index in [1.54, 1.807) is 4.44 Å². The van der Waals surface area contributed by atoms with Crippen molar-refractivity contribution in [3.8, 4) is 0 Å². The van der Waals surface area contributed by atoms with Crippen LogP contribution in [-0.4, -0.2) is 29.1 Å². The second-order valence-corrected chi connectivity index (χ2v) is 17.3. The van der Waals surface area contributed by atoms with Gasteiger partial charge in [-0.15, -0.1) is 11.0 Å². The highest BCUT2D eigenvalue weighted by molar-refractivity contribution is 6.74. The molecule has 0 aromatic rings. The predicted molar refractivity (Wildman–Crippen MR) is 107 cm³/mol. The van der Waals surface area contributed by atoms with Crippen LogP contribution in [0.2, 0.25) is 28.7 Å². The zero-order valence-corrected chi connectivity index (χ0v) is 19.0. The van der Waals surface area contributed by atoms with Gasteiger partial charge < -0.3 is 4.43 Å². The van der Waals surface area contributed by atoms with Crippen LogP contribution in [0.3, 0.4) is 0 Å². The minimum absolute atomic E-state index is 0.316. The number of rotatable bonds is 10. The SMILES string of the molecule is C=[C](CCCO[Si](C)(C)C(C)(C)C)[Al]([CH2]C(C)C)[CH2]C(C)C. The first-order valence-corrected chi connectivity index (χ1v) is 14.3. The molecular formula is C19H41AlOSi. The summed E-state index contributed by atoms with van der Waals surface area (Å²) in [6.07, 6.45) is 2.34. The molecule has 0 aliphatic heterocycles. The molecule has 0 bridgehead atoms. The van der Waals surface area contributed by atoms with Gasteiger partial charge in [0.2, 0.25) is 0 Å². The largest absolute Gasteiger partial charge is 0.417 e. The molecule has 0 fully saturated rings. The molecular weight excluding hydrogens is 299 g/mol. The normalized spacial score (nSPS) is 13.0. The van der Waals surface area contributed by atoms with Crippen LogP contribution < -0.4 is 0 Å². The Labute approximate surface area is 146 Å². The summed E-state index contributed by atoms with van der Waals surface area (Å²) in [5.74, 6) is 1.63. The van der Waals surface area contributed by atoms with Crippen LogP contribution in [0.5, 0.6) is 0 Å². The summed E-state index contributed by atoms with van der Waals surface area (Å²) in [6.45, 7) is 26.4. The van der Waals surface area contributed by atoms with Gasteiger partial charge in [-0.25, -0.2) is 0 Å². The van der Waals surface area contributed by atoms with Crippen molar-refractivity contribution < 1.29 is 4.43 Å². The second-order valence-electron chi connectivity index (χ2n) is 9.33. The van der Waals surface area contributed by atoms with Crippen molar-refractivity contribution in [3.63, 3.8) is 0 Å². The van der Waals surface area contributed by atoms with Gasteiger partial charge in [0.05, 0.1) is 0 Å². The van der Waals surface area contributed by atoms with Gasteiger partial charge >= 0.3 is 0 Å². The van der Waals surface area contributed by atoms with Crippen LogP contribution in [0.4, 0.5) is 0 Å². The van der Waals surface area contributed by atoms with Gasteiger partial charge in [-0.2, -0.15) is 0 Å². The molecule has 0 aliphatic carbocycles. The quantitative estimate of drug-likeness (QED) is 0.318. The molecule has 0 radical (unpaired) electrons. The minimum atomic E-state index is -1.57. The zero-order valence-electron chi connectivity index (χ0n) is 16.9. The van der Waals surface area contributed by atoms with Crippen molar-refractivity contribution in [2.45, 2.75) is 90.0 Å². The average Bonchev–Trinajstić information content (AvgIpc) is 2.30. The standard InChI is InChI=1S/C11H23OSi.2C4H9.Al/c1-7-8-9-10-12-13(5,6)11(2,3)4;2*1-4(2)3;/h1,8-10H2,2-6H3;2*4H,1H2,2-3H3;. The molecule has 0 rings (SSSR count). The van der Waals surface area contributed by atoms with Crippen molar-refractivity contribution in [2.75, 3.05) is 6.61 Å². The first-order valence-electron chi connectivity index (χ1n) is 9.18. The van der Waals surface area contributed by atoms with Gasteiger partial charge in [0, 0.05) is 6.61 Å². The lowest BCUT2D eigenvalue weighted by molar-refractivity contribution is 0.283. The van der Waals surface area contributed by atoms with Gasteiger partial charge in [-0.3, -0.25) is 0 Å². The van der Waals surface area contributed by atoms with E-state index in [0.717, 1.165) is 24.9 Å². The highest BCUT2D eigenvalue weighted by atomic mass is 28.4. The van der Waals surface area contributed by atoms with E-state index in [-0.39, 0.29) is 0 Å². The number of hydrogen-bond acceptors (Lipinski definition) is 1. The van der Waals surface area contributed by atoms with Crippen LogP contribution in [0, 0.1) is 11.8 Å². The van der Waals surface area contributed by atoms with Crippen LogP contribution in [0.15, 0.2) is 11.0 Å². The van der Waals surface area contributed by atoms with E-state index in [1.165, 1.54) is 17.0 Å². The van der Waals surface area contributed by atoms with Gasteiger partial charge in [0.1, 0.15) is 0 Å². The highest BCUT2D eigenvalue weighted by Crippen LogP contribution is 2.36. The summed E-state index contributed by atoms with van der Waals surface area (Å²) in [5, 5.41) is 3.15. The molecule has 0 N–H and O–H groups in total. The first-order chi connectivity index (χ1) is 9.86. The maximum absolute atomic E-state index is 6.30. The maximum Gasteiger partial charge on any atom is 0.298 e. The third-order valence-corrected chi connectivity index (χ3v) is 14.0. The summed E-state index contributed by atoms with van der Waals surface area (Å²) < 4.78 is 7.88. The fraction of sp³-hybridized carbons (Fsp3) is 0.895. The molecule has 22 heavy (non-hydrogen) atoms.